The molecule has 0 radical (unpaired) electrons. The summed E-state index contributed by atoms with van der Waals surface area (Å²) >= 11 is 0. The Kier molecular flexibility index (Phi) is 3.62. The lowest BCUT2D eigenvalue weighted by Crippen LogP contribution is -2.61. The highest BCUT2D eigenvalue weighted by Crippen LogP contribution is 2.55. The molecule has 4 bridgehead atoms. The average molecular weight is 313 g/mol. The van der Waals surface area contributed by atoms with Gasteiger partial charge in [-0.1, -0.05) is 17.7 Å². The number of amides is 1. The first-order chi connectivity index (χ1) is 11.0. The van der Waals surface area contributed by atoms with Crippen LogP contribution in [-0.4, -0.2) is 17.6 Å². The Morgan fingerprint density at radius 2 is 1.61 bits per heavy atom. The molecule has 0 aromatic heterocycles. The standard InChI is InChI=1S/C20H27NO2/c1-13-3-5-18(6-4-13)23-14(2)19(22)21-20-10-15-7-16(11-20)9-17(8-15)12-20/h3-6,14-17H,7-12H2,1-2H3,(H,21,22)/t14-,15?,16?,17?,20?/m0/s1. The SMILES string of the molecule is Cc1ccc(O[C@@H](C)C(=O)NC23CC4CC(CC(C4)C2)C3)cc1. The van der Waals surface area contributed by atoms with E-state index in [0.717, 1.165) is 23.5 Å². The van der Waals surface area contributed by atoms with Crippen LogP contribution in [-0.2, 0) is 4.79 Å². The van der Waals surface area contributed by atoms with E-state index in [2.05, 4.69) is 5.32 Å². The molecule has 4 aliphatic rings. The number of hydrogen-bond donors (Lipinski definition) is 1. The molecule has 4 fully saturated rings. The van der Waals surface area contributed by atoms with Gasteiger partial charge in [-0.25, -0.2) is 0 Å². The lowest BCUT2D eigenvalue weighted by Gasteiger charge is -2.57. The van der Waals surface area contributed by atoms with Crippen molar-refractivity contribution in [3.63, 3.8) is 0 Å². The molecular weight excluding hydrogens is 286 g/mol. The zero-order valence-corrected chi connectivity index (χ0v) is 14.2. The van der Waals surface area contributed by atoms with E-state index < -0.39 is 6.10 Å². The summed E-state index contributed by atoms with van der Waals surface area (Å²) in [5, 5.41) is 3.39. The number of rotatable bonds is 4. The third kappa shape index (κ3) is 2.98. The lowest BCUT2D eigenvalue weighted by molar-refractivity contribution is -0.133. The Bertz CT molecular complexity index is 557. The summed E-state index contributed by atoms with van der Waals surface area (Å²) in [7, 11) is 0. The molecule has 0 saturated heterocycles. The normalized spacial score (nSPS) is 35.8. The summed E-state index contributed by atoms with van der Waals surface area (Å²) in [6.07, 6.45) is 7.29. The third-order valence-corrected chi connectivity index (χ3v) is 6.13. The number of hydrogen-bond acceptors (Lipinski definition) is 2. The predicted octanol–water partition coefficient (Wildman–Crippen LogP) is 3.85. The zero-order valence-electron chi connectivity index (χ0n) is 14.2. The van der Waals surface area contributed by atoms with Gasteiger partial charge in [0, 0.05) is 5.54 Å². The van der Waals surface area contributed by atoms with Crippen LogP contribution in [0.4, 0.5) is 0 Å². The minimum absolute atomic E-state index is 0.0486. The molecule has 124 valence electrons. The average Bonchev–Trinajstić information content (AvgIpc) is 2.47. The monoisotopic (exact) mass is 313 g/mol. The Labute approximate surface area is 138 Å². The fraction of sp³-hybridized carbons (Fsp3) is 0.650. The molecule has 4 saturated carbocycles. The maximum absolute atomic E-state index is 12.7. The van der Waals surface area contributed by atoms with Crippen molar-refractivity contribution < 1.29 is 9.53 Å². The number of carbonyl (C=O) groups is 1. The van der Waals surface area contributed by atoms with Gasteiger partial charge >= 0.3 is 0 Å². The Hall–Kier alpha value is -1.51. The van der Waals surface area contributed by atoms with Gasteiger partial charge in [0.1, 0.15) is 5.75 Å². The van der Waals surface area contributed by atoms with Gasteiger partial charge in [0.25, 0.3) is 5.91 Å². The molecule has 1 atom stereocenters. The van der Waals surface area contributed by atoms with E-state index in [-0.39, 0.29) is 11.4 Å². The molecule has 0 spiro atoms. The van der Waals surface area contributed by atoms with Crippen molar-refractivity contribution in [2.75, 3.05) is 0 Å². The van der Waals surface area contributed by atoms with Crippen molar-refractivity contribution in [3.8, 4) is 5.75 Å². The van der Waals surface area contributed by atoms with Gasteiger partial charge in [-0.3, -0.25) is 4.79 Å². The minimum Gasteiger partial charge on any atom is -0.481 e. The van der Waals surface area contributed by atoms with Gasteiger partial charge in [0.05, 0.1) is 0 Å². The highest BCUT2D eigenvalue weighted by Gasteiger charge is 2.51. The number of ether oxygens (including phenoxy) is 1. The maximum atomic E-state index is 12.7. The van der Waals surface area contributed by atoms with Crippen molar-refractivity contribution >= 4 is 5.91 Å². The lowest BCUT2D eigenvalue weighted by atomic mass is 9.53. The maximum Gasteiger partial charge on any atom is 0.261 e. The Balaban J connectivity index is 1.40. The highest BCUT2D eigenvalue weighted by atomic mass is 16.5. The molecule has 1 aromatic carbocycles. The van der Waals surface area contributed by atoms with Crippen molar-refractivity contribution in [2.24, 2.45) is 17.8 Å². The number of carbonyl (C=O) groups excluding carboxylic acids is 1. The molecule has 3 heteroatoms. The van der Waals surface area contributed by atoms with Crippen LogP contribution >= 0.6 is 0 Å². The molecule has 0 heterocycles. The molecular formula is C20H27NO2. The quantitative estimate of drug-likeness (QED) is 0.917. The fourth-order valence-electron chi connectivity index (χ4n) is 5.50. The fourth-order valence-corrected chi connectivity index (χ4v) is 5.50. The van der Waals surface area contributed by atoms with E-state index >= 15 is 0 Å². The summed E-state index contributed by atoms with van der Waals surface area (Å²) in [6, 6.07) is 7.89. The molecule has 3 nitrogen and oxygen atoms in total. The molecule has 4 aliphatic carbocycles. The first-order valence-corrected chi connectivity index (χ1v) is 9.07. The zero-order chi connectivity index (χ0) is 16.0. The first kappa shape index (κ1) is 15.0. The molecule has 0 aliphatic heterocycles. The van der Waals surface area contributed by atoms with E-state index in [4.69, 9.17) is 4.74 Å². The van der Waals surface area contributed by atoms with Crippen molar-refractivity contribution in [2.45, 2.75) is 64.0 Å². The van der Waals surface area contributed by atoms with E-state index in [0.29, 0.717) is 0 Å². The van der Waals surface area contributed by atoms with E-state index in [9.17, 15) is 4.79 Å². The third-order valence-electron chi connectivity index (χ3n) is 6.13. The summed E-state index contributed by atoms with van der Waals surface area (Å²) in [4.78, 5) is 12.7. The van der Waals surface area contributed by atoms with Crippen LogP contribution in [0.3, 0.4) is 0 Å². The molecule has 1 aromatic rings. The summed E-state index contributed by atoms with van der Waals surface area (Å²) in [6.45, 7) is 3.91. The number of benzene rings is 1. The molecule has 0 unspecified atom stereocenters. The second kappa shape index (κ2) is 5.54. The molecule has 1 amide bonds. The van der Waals surface area contributed by atoms with Crippen LogP contribution in [0.1, 0.15) is 51.0 Å². The van der Waals surface area contributed by atoms with E-state index in [1.165, 1.54) is 44.1 Å². The Morgan fingerprint density at radius 1 is 1.09 bits per heavy atom. The van der Waals surface area contributed by atoms with E-state index in [1.807, 2.05) is 38.1 Å². The summed E-state index contributed by atoms with van der Waals surface area (Å²) < 4.78 is 5.83. The smallest absolute Gasteiger partial charge is 0.261 e. The highest BCUT2D eigenvalue weighted by molar-refractivity contribution is 5.81. The Morgan fingerprint density at radius 3 is 2.13 bits per heavy atom. The van der Waals surface area contributed by atoms with Crippen LogP contribution < -0.4 is 10.1 Å². The van der Waals surface area contributed by atoms with Gasteiger partial charge in [-0.2, -0.15) is 0 Å². The minimum atomic E-state index is -0.439. The largest absolute Gasteiger partial charge is 0.481 e. The van der Waals surface area contributed by atoms with Crippen LogP contribution in [0.2, 0.25) is 0 Å². The van der Waals surface area contributed by atoms with Crippen LogP contribution in [0.25, 0.3) is 0 Å². The van der Waals surface area contributed by atoms with Gasteiger partial charge < -0.3 is 10.1 Å². The van der Waals surface area contributed by atoms with E-state index in [1.54, 1.807) is 0 Å². The van der Waals surface area contributed by atoms with Gasteiger partial charge in [-0.05, 0) is 82.3 Å². The van der Waals surface area contributed by atoms with Crippen LogP contribution in [0.15, 0.2) is 24.3 Å². The first-order valence-electron chi connectivity index (χ1n) is 9.07. The van der Waals surface area contributed by atoms with Crippen LogP contribution in [0.5, 0.6) is 5.75 Å². The molecule has 5 rings (SSSR count). The number of aryl methyl sites for hydroxylation is 1. The van der Waals surface area contributed by atoms with Gasteiger partial charge in [0.15, 0.2) is 6.10 Å². The van der Waals surface area contributed by atoms with Crippen LogP contribution in [0, 0.1) is 24.7 Å². The van der Waals surface area contributed by atoms with Gasteiger partial charge in [0.2, 0.25) is 0 Å². The second-order valence-electron chi connectivity index (χ2n) is 8.26. The number of nitrogens with one attached hydrogen (secondary N) is 1. The topological polar surface area (TPSA) is 38.3 Å². The van der Waals surface area contributed by atoms with Crippen molar-refractivity contribution in [1.82, 2.24) is 5.32 Å². The molecule has 1 N–H and O–H groups in total. The van der Waals surface area contributed by atoms with Gasteiger partial charge in [-0.15, -0.1) is 0 Å². The van der Waals surface area contributed by atoms with Crippen molar-refractivity contribution in [3.05, 3.63) is 29.8 Å². The second-order valence-corrected chi connectivity index (χ2v) is 8.26. The summed E-state index contributed by atoms with van der Waals surface area (Å²) in [5.41, 5.74) is 1.26. The predicted molar refractivity (Wildman–Crippen MR) is 90.3 cm³/mol. The molecule has 23 heavy (non-hydrogen) atoms. The van der Waals surface area contributed by atoms with Crippen molar-refractivity contribution in [1.29, 1.82) is 0 Å². The summed E-state index contributed by atoms with van der Waals surface area (Å²) in [5.74, 6) is 3.34.